The fourth-order valence-electron chi connectivity index (χ4n) is 2.10. The highest BCUT2D eigenvalue weighted by atomic mass is 16.5. The highest BCUT2D eigenvalue weighted by molar-refractivity contribution is 5.42. The molecule has 2 rings (SSSR count). The first kappa shape index (κ1) is 14.4. The molecular weight excluding hydrogens is 254 g/mol. The number of methoxy groups -OCH3 is 2. The fourth-order valence-corrected chi connectivity index (χ4v) is 2.10. The lowest BCUT2D eigenvalue weighted by molar-refractivity contribution is 0.391. The third kappa shape index (κ3) is 3.11. The number of ether oxygens (including phenoxy) is 2. The average Bonchev–Trinajstić information content (AvgIpc) is 2.89. The van der Waals surface area contributed by atoms with Crippen LogP contribution in [0, 0.1) is 6.92 Å². The summed E-state index contributed by atoms with van der Waals surface area (Å²) in [5.74, 6) is 1.68. The van der Waals surface area contributed by atoms with Crippen LogP contribution in [-0.2, 0) is 6.54 Å². The fraction of sp³-hybridized carbons (Fsp3) is 0.400. The van der Waals surface area contributed by atoms with Crippen molar-refractivity contribution in [3.63, 3.8) is 0 Å². The molecule has 0 amide bonds. The Morgan fingerprint density at radius 3 is 2.70 bits per heavy atom. The Hall–Kier alpha value is -2.01. The SMILES string of the molecule is COc1ccc(OC)c([C@H](C)NCc2cn[nH]c2C)c1. The Morgan fingerprint density at radius 2 is 2.10 bits per heavy atom. The van der Waals surface area contributed by atoms with Crippen LogP contribution in [-0.4, -0.2) is 24.4 Å². The van der Waals surface area contributed by atoms with Crippen molar-refractivity contribution in [1.82, 2.24) is 15.5 Å². The molecule has 0 saturated carbocycles. The van der Waals surface area contributed by atoms with Gasteiger partial charge in [-0.25, -0.2) is 0 Å². The van der Waals surface area contributed by atoms with Gasteiger partial charge in [-0.2, -0.15) is 5.10 Å². The minimum Gasteiger partial charge on any atom is -0.497 e. The van der Waals surface area contributed by atoms with Crippen molar-refractivity contribution >= 4 is 0 Å². The second kappa shape index (κ2) is 6.43. The zero-order valence-electron chi connectivity index (χ0n) is 12.4. The predicted octanol–water partition coefficient (Wildman–Crippen LogP) is 2.59. The number of hydrogen-bond acceptors (Lipinski definition) is 4. The first-order valence-corrected chi connectivity index (χ1v) is 6.60. The first-order valence-electron chi connectivity index (χ1n) is 6.60. The second-order valence-corrected chi connectivity index (χ2v) is 4.73. The average molecular weight is 275 g/mol. The molecule has 1 heterocycles. The first-order chi connectivity index (χ1) is 9.65. The van der Waals surface area contributed by atoms with E-state index >= 15 is 0 Å². The molecule has 0 aliphatic rings. The number of nitrogens with zero attached hydrogens (tertiary/aromatic N) is 1. The van der Waals surface area contributed by atoms with Gasteiger partial charge in [0.25, 0.3) is 0 Å². The van der Waals surface area contributed by atoms with Gasteiger partial charge in [0.2, 0.25) is 0 Å². The molecule has 0 bridgehead atoms. The van der Waals surface area contributed by atoms with Gasteiger partial charge in [0, 0.05) is 29.4 Å². The van der Waals surface area contributed by atoms with Crippen molar-refractivity contribution in [2.45, 2.75) is 26.4 Å². The van der Waals surface area contributed by atoms with Gasteiger partial charge in [-0.3, -0.25) is 5.10 Å². The van der Waals surface area contributed by atoms with Gasteiger partial charge in [-0.15, -0.1) is 0 Å². The molecule has 1 aromatic heterocycles. The van der Waals surface area contributed by atoms with Crippen molar-refractivity contribution in [1.29, 1.82) is 0 Å². The number of hydrogen-bond donors (Lipinski definition) is 2. The van der Waals surface area contributed by atoms with Crippen molar-refractivity contribution in [2.24, 2.45) is 0 Å². The minimum atomic E-state index is 0.148. The normalized spacial score (nSPS) is 12.2. The Balaban J connectivity index is 2.11. The third-order valence-corrected chi connectivity index (χ3v) is 3.44. The second-order valence-electron chi connectivity index (χ2n) is 4.73. The maximum Gasteiger partial charge on any atom is 0.123 e. The van der Waals surface area contributed by atoms with Gasteiger partial charge in [0.15, 0.2) is 0 Å². The molecule has 20 heavy (non-hydrogen) atoms. The molecule has 0 radical (unpaired) electrons. The molecule has 0 aliphatic heterocycles. The molecule has 1 aromatic carbocycles. The van der Waals surface area contributed by atoms with E-state index in [4.69, 9.17) is 9.47 Å². The van der Waals surface area contributed by atoms with E-state index in [1.54, 1.807) is 14.2 Å². The van der Waals surface area contributed by atoms with E-state index in [1.807, 2.05) is 31.3 Å². The van der Waals surface area contributed by atoms with Gasteiger partial charge >= 0.3 is 0 Å². The summed E-state index contributed by atoms with van der Waals surface area (Å²) in [7, 11) is 3.34. The molecule has 5 heteroatoms. The van der Waals surface area contributed by atoms with Crippen LogP contribution in [0.1, 0.15) is 29.8 Å². The third-order valence-electron chi connectivity index (χ3n) is 3.44. The number of aryl methyl sites for hydroxylation is 1. The number of nitrogens with one attached hydrogen (secondary N) is 2. The van der Waals surface area contributed by atoms with Gasteiger partial charge in [-0.1, -0.05) is 0 Å². The predicted molar refractivity (Wildman–Crippen MR) is 78.1 cm³/mol. The molecule has 0 spiro atoms. The van der Waals surface area contributed by atoms with Crippen LogP contribution < -0.4 is 14.8 Å². The van der Waals surface area contributed by atoms with Crippen LogP contribution >= 0.6 is 0 Å². The summed E-state index contributed by atoms with van der Waals surface area (Å²) in [5, 5.41) is 10.4. The lowest BCUT2D eigenvalue weighted by Gasteiger charge is -2.18. The molecule has 2 N–H and O–H groups in total. The summed E-state index contributed by atoms with van der Waals surface area (Å²) >= 11 is 0. The minimum absolute atomic E-state index is 0.148. The molecule has 108 valence electrons. The van der Waals surface area contributed by atoms with Crippen molar-refractivity contribution in [3.8, 4) is 11.5 Å². The highest BCUT2D eigenvalue weighted by Gasteiger charge is 2.13. The summed E-state index contributed by atoms with van der Waals surface area (Å²) in [6.45, 7) is 4.87. The molecule has 0 unspecified atom stereocenters. The van der Waals surface area contributed by atoms with Crippen LogP contribution in [0.2, 0.25) is 0 Å². The van der Waals surface area contributed by atoms with Crippen molar-refractivity contribution < 1.29 is 9.47 Å². The van der Waals surface area contributed by atoms with Crippen LogP contribution in [0.3, 0.4) is 0 Å². The summed E-state index contributed by atoms with van der Waals surface area (Å²) in [6.07, 6.45) is 1.85. The van der Waals surface area contributed by atoms with E-state index in [0.717, 1.165) is 29.3 Å². The van der Waals surface area contributed by atoms with E-state index < -0.39 is 0 Å². The largest absolute Gasteiger partial charge is 0.497 e. The Labute approximate surface area is 119 Å². The maximum atomic E-state index is 5.41. The van der Waals surface area contributed by atoms with Crippen LogP contribution in [0.4, 0.5) is 0 Å². The van der Waals surface area contributed by atoms with E-state index in [0.29, 0.717) is 0 Å². The highest BCUT2D eigenvalue weighted by Crippen LogP contribution is 2.29. The van der Waals surface area contributed by atoms with Gasteiger partial charge in [0.1, 0.15) is 11.5 Å². The molecular formula is C15H21N3O2. The number of rotatable bonds is 6. The van der Waals surface area contributed by atoms with Gasteiger partial charge < -0.3 is 14.8 Å². The molecule has 0 saturated heterocycles. The van der Waals surface area contributed by atoms with Gasteiger partial charge in [-0.05, 0) is 32.0 Å². The zero-order valence-corrected chi connectivity index (χ0v) is 12.4. The molecule has 0 fully saturated rings. The molecule has 1 atom stereocenters. The van der Waals surface area contributed by atoms with Crippen LogP contribution in [0.25, 0.3) is 0 Å². The van der Waals surface area contributed by atoms with E-state index in [9.17, 15) is 0 Å². The van der Waals surface area contributed by atoms with E-state index in [1.165, 1.54) is 5.56 Å². The molecule has 2 aromatic rings. The number of H-pyrrole nitrogens is 1. The number of aromatic nitrogens is 2. The van der Waals surface area contributed by atoms with Crippen LogP contribution in [0.15, 0.2) is 24.4 Å². The maximum absolute atomic E-state index is 5.41. The lowest BCUT2D eigenvalue weighted by Crippen LogP contribution is -2.19. The summed E-state index contributed by atoms with van der Waals surface area (Å²) < 4.78 is 10.7. The lowest BCUT2D eigenvalue weighted by atomic mass is 10.1. The Kier molecular flexibility index (Phi) is 4.63. The summed E-state index contributed by atoms with van der Waals surface area (Å²) in [4.78, 5) is 0. The van der Waals surface area contributed by atoms with Crippen molar-refractivity contribution in [3.05, 3.63) is 41.2 Å². The molecule has 5 nitrogen and oxygen atoms in total. The number of aromatic amines is 1. The van der Waals surface area contributed by atoms with Crippen LogP contribution in [0.5, 0.6) is 11.5 Å². The van der Waals surface area contributed by atoms with E-state index in [-0.39, 0.29) is 6.04 Å². The van der Waals surface area contributed by atoms with Crippen molar-refractivity contribution in [2.75, 3.05) is 14.2 Å². The van der Waals surface area contributed by atoms with E-state index in [2.05, 4.69) is 22.4 Å². The summed E-state index contributed by atoms with van der Waals surface area (Å²) in [6, 6.07) is 5.97. The molecule has 0 aliphatic carbocycles. The monoisotopic (exact) mass is 275 g/mol. The smallest absolute Gasteiger partial charge is 0.123 e. The standard InChI is InChI=1S/C15H21N3O2/c1-10-12(9-17-18-10)8-16-11(2)14-7-13(19-3)5-6-15(14)20-4/h5-7,9,11,16H,8H2,1-4H3,(H,17,18)/t11-/m0/s1. The number of benzene rings is 1. The zero-order chi connectivity index (χ0) is 14.5. The Morgan fingerprint density at radius 1 is 1.30 bits per heavy atom. The topological polar surface area (TPSA) is 59.2 Å². The van der Waals surface area contributed by atoms with Gasteiger partial charge in [0.05, 0.1) is 20.4 Å². The quantitative estimate of drug-likeness (QED) is 0.850. The Bertz CT molecular complexity index is 566. The summed E-state index contributed by atoms with van der Waals surface area (Å²) in [5.41, 5.74) is 3.33.